The van der Waals surface area contributed by atoms with E-state index in [2.05, 4.69) is 20.0 Å². The second-order valence-electron chi connectivity index (χ2n) is 3.46. The van der Waals surface area contributed by atoms with Gasteiger partial charge in [-0.1, -0.05) is 5.16 Å². The molecule has 2 N–H and O–H groups in total. The zero-order chi connectivity index (χ0) is 9.10. The van der Waals surface area contributed by atoms with E-state index in [0.29, 0.717) is 11.7 Å². The maximum atomic E-state index is 10.6. The molecule has 13 heavy (non-hydrogen) atoms. The molecule has 1 fully saturated rings. The number of H-pyrrole nitrogens is 1. The first kappa shape index (κ1) is 8.50. The molecule has 0 spiro atoms. The Hall–Kier alpha value is -1.10. The fraction of sp³-hybridized carbons (Fsp3) is 0.750. The topological polar surface area (TPSA) is 70.9 Å². The highest BCUT2D eigenvalue weighted by Crippen LogP contribution is 2.13. The highest BCUT2D eigenvalue weighted by atomic mass is 16.5. The van der Waals surface area contributed by atoms with Crippen LogP contribution in [0.15, 0.2) is 9.32 Å². The average Bonchev–Trinajstić information content (AvgIpc) is 2.53. The SMILES string of the molecule is O=c1[nH]c(CC2CCCNC2)no1. The van der Waals surface area contributed by atoms with Crippen molar-refractivity contribution >= 4 is 0 Å². The molecular formula is C8H13N3O2. The maximum Gasteiger partial charge on any atom is 0.438 e. The maximum absolute atomic E-state index is 10.6. The standard InChI is InChI=1S/C8H13N3O2/c12-8-10-7(11-13-8)4-6-2-1-3-9-5-6/h6,9H,1-5H2,(H,10,11,12). The van der Waals surface area contributed by atoms with Crippen molar-refractivity contribution in [3.63, 3.8) is 0 Å². The fourth-order valence-corrected chi connectivity index (χ4v) is 1.72. The van der Waals surface area contributed by atoms with Gasteiger partial charge in [0.2, 0.25) is 0 Å². The number of aromatic nitrogens is 2. The minimum Gasteiger partial charge on any atom is -0.316 e. The predicted octanol–water partition coefficient (Wildman–Crippen LogP) is -0.0950. The molecule has 0 radical (unpaired) electrons. The lowest BCUT2D eigenvalue weighted by molar-refractivity contribution is 0.352. The fourth-order valence-electron chi connectivity index (χ4n) is 1.72. The Morgan fingerprint density at radius 2 is 2.54 bits per heavy atom. The molecule has 1 aromatic heterocycles. The molecule has 1 saturated heterocycles. The third kappa shape index (κ3) is 2.18. The van der Waals surface area contributed by atoms with E-state index in [1.807, 2.05) is 0 Å². The molecular weight excluding hydrogens is 170 g/mol. The van der Waals surface area contributed by atoms with Crippen LogP contribution in [0.2, 0.25) is 0 Å². The Bertz CT molecular complexity index is 311. The van der Waals surface area contributed by atoms with Gasteiger partial charge in [0.25, 0.3) is 0 Å². The van der Waals surface area contributed by atoms with E-state index in [-0.39, 0.29) is 0 Å². The third-order valence-corrected chi connectivity index (χ3v) is 2.37. The average molecular weight is 183 g/mol. The molecule has 1 unspecified atom stereocenters. The first-order chi connectivity index (χ1) is 6.34. The predicted molar refractivity (Wildman–Crippen MR) is 46.4 cm³/mol. The lowest BCUT2D eigenvalue weighted by atomic mass is 9.96. The Morgan fingerprint density at radius 1 is 1.62 bits per heavy atom. The minimum atomic E-state index is -0.459. The molecule has 2 rings (SSSR count). The summed E-state index contributed by atoms with van der Waals surface area (Å²) in [7, 11) is 0. The zero-order valence-corrected chi connectivity index (χ0v) is 7.38. The summed E-state index contributed by atoms with van der Waals surface area (Å²) in [6.45, 7) is 2.11. The molecule has 0 aromatic carbocycles. The van der Waals surface area contributed by atoms with Gasteiger partial charge >= 0.3 is 5.76 Å². The summed E-state index contributed by atoms with van der Waals surface area (Å²) >= 11 is 0. The molecule has 0 amide bonds. The number of hydrogen-bond donors (Lipinski definition) is 2. The van der Waals surface area contributed by atoms with Crippen molar-refractivity contribution in [2.24, 2.45) is 5.92 Å². The van der Waals surface area contributed by atoms with Crippen molar-refractivity contribution in [1.29, 1.82) is 0 Å². The number of nitrogens with zero attached hydrogens (tertiary/aromatic N) is 1. The molecule has 1 atom stereocenters. The summed E-state index contributed by atoms with van der Waals surface area (Å²) < 4.78 is 4.42. The van der Waals surface area contributed by atoms with Crippen LogP contribution in [0.3, 0.4) is 0 Å². The molecule has 0 aliphatic carbocycles. The van der Waals surface area contributed by atoms with Gasteiger partial charge in [0.05, 0.1) is 0 Å². The normalized spacial score (nSPS) is 23.2. The van der Waals surface area contributed by atoms with E-state index in [1.54, 1.807) is 0 Å². The van der Waals surface area contributed by atoms with E-state index < -0.39 is 5.76 Å². The highest BCUT2D eigenvalue weighted by Gasteiger charge is 2.15. The largest absolute Gasteiger partial charge is 0.438 e. The summed E-state index contributed by atoms with van der Waals surface area (Å²) in [4.78, 5) is 13.2. The number of hydrogen-bond acceptors (Lipinski definition) is 4. The Morgan fingerprint density at radius 3 is 3.15 bits per heavy atom. The van der Waals surface area contributed by atoms with E-state index in [1.165, 1.54) is 12.8 Å². The molecule has 2 heterocycles. The molecule has 0 saturated carbocycles. The lowest BCUT2D eigenvalue weighted by Gasteiger charge is -2.21. The van der Waals surface area contributed by atoms with Crippen LogP contribution in [0.1, 0.15) is 18.7 Å². The van der Waals surface area contributed by atoms with Crippen LogP contribution < -0.4 is 11.1 Å². The summed E-state index contributed by atoms with van der Waals surface area (Å²) in [5.41, 5.74) is 0. The van der Waals surface area contributed by atoms with Gasteiger partial charge in [0, 0.05) is 6.42 Å². The minimum absolute atomic E-state index is 0.459. The van der Waals surface area contributed by atoms with Gasteiger partial charge in [-0.3, -0.25) is 9.51 Å². The zero-order valence-electron chi connectivity index (χ0n) is 7.38. The van der Waals surface area contributed by atoms with Crippen molar-refractivity contribution < 1.29 is 4.52 Å². The molecule has 72 valence electrons. The third-order valence-electron chi connectivity index (χ3n) is 2.37. The summed E-state index contributed by atoms with van der Waals surface area (Å²) in [5, 5.41) is 6.95. The van der Waals surface area contributed by atoms with Crippen molar-refractivity contribution in [3.05, 3.63) is 16.4 Å². The van der Waals surface area contributed by atoms with Crippen LogP contribution in [-0.4, -0.2) is 23.2 Å². The molecule has 1 aliphatic rings. The Labute approximate surface area is 75.5 Å². The van der Waals surface area contributed by atoms with E-state index in [0.717, 1.165) is 19.5 Å². The summed E-state index contributed by atoms with van der Waals surface area (Å²) in [6.07, 6.45) is 3.20. The Kier molecular flexibility index (Phi) is 2.44. The summed E-state index contributed by atoms with van der Waals surface area (Å²) in [5.74, 6) is 0.784. The second-order valence-corrected chi connectivity index (χ2v) is 3.46. The monoisotopic (exact) mass is 183 g/mol. The van der Waals surface area contributed by atoms with Crippen molar-refractivity contribution in [1.82, 2.24) is 15.5 Å². The van der Waals surface area contributed by atoms with Crippen molar-refractivity contribution in [2.45, 2.75) is 19.3 Å². The lowest BCUT2D eigenvalue weighted by Crippen LogP contribution is -2.31. The van der Waals surface area contributed by atoms with E-state index >= 15 is 0 Å². The van der Waals surface area contributed by atoms with Crippen LogP contribution in [0.4, 0.5) is 0 Å². The van der Waals surface area contributed by atoms with Crippen LogP contribution in [-0.2, 0) is 6.42 Å². The highest BCUT2D eigenvalue weighted by molar-refractivity contribution is 4.84. The van der Waals surface area contributed by atoms with Gasteiger partial charge in [-0.25, -0.2) is 4.79 Å². The van der Waals surface area contributed by atoms with Gasteiger partial charge in [0.1, 0.15) is 0 Å². The number of nitrogens with one attached hydrogen (secondary N) is 2. The summed E-state index contributed by atoms with van der Waals surface area (Å²) in [6, 6.07) is 0. The van der Waals surface area contributed by atoms with Crippen molar-refractivity contribution in [3.8, 4) is 0 Å². The van der Waals surface area contributed by atoms with Gasteiger partial charge in [-0.15, -0.1) is 0 Å². The second kappa shape index (κ2) is 3.74. The number of piperidine rings is 1. The van der Waals surface area contributed by atoms with Crippen LogP contribution in [0, 0.1) is 5.92 Å². The first-order valence-electron chi connectivity index (χ1n) is 4.60. The Balaban J connectivity index is 1.93. The smallest absolute Gasteiger partial charge is 0.316 e. The number of aromatic amines is 1. The van der Waals surface area contributed by atoms with E-state index in [9.17, 15) is 4.79 Å². The van der Waals surface area contributed by atoms with Crippen molar-refractivity contribution in [2.75, 3.05) is 13.1 Å². The molecule has 0 bridgehead atoms. The van der Waals surface area contributed by atoms with Gasteiger partial charge < -0.3 is 5.32 Å². The number of rotatable bonds is 2. The van der Waals surface area contributed by atoms with Gasteiger partial charge in [0.15, 0.2) is 5.82 Å². The molecule has 1 aliphatic heterocycles. The van der Waals surface area contributed by atoms with Gasteiger partial charge in [-0.05, 0) is 31.8 Å². The molecule has 1 aromatic rings. The van der Waals surface area contributed by atoms with Gasteiger partial charge in [-0.2, -0.15) is 0 Å². The van der Waals surface area contributed by atoms with E-state index in [4.69, 9.17) is 0 Å². The first-order valence-corrected chi connectivity index (χ1v) is 4.60. The quantitative estimate of drug-likeness (QED) is 0.672. The van der Waals surface area contributed by atoms with Crippen LogP contribution >= 0.6 is 0 Å². The van der Waals surface area contributed by atoms with Crippen LogP contribution in [0.25, 0.3) is 0 Å². The molecule has 5 heteroatoms. The van der Waals surface area contributed by atoms with Crippen LogP contribution in [0.5, 0.6) is 0 Å². The molecule has 5 nitrogen and oxygen atoms in total.